The van der Waals surface area contributed by atoms with Gasteiger partial charge in [-0.3, -0.25) is 0 Å². The lowest BCUT2D eigenvalue weighted by molar-refractivity contribution is 0.395. The highest BCUT2D eigenvalue weighted by molar-refractivity contribution is 6.41. The highest BCUT2D eigenvalue weighted by Gasteiger charge is 2.59. The van der Waals surface area contributed by atoms with Crippen molar-refractivity contribution in [1.29, 1.82) is 0 Å². The molecular formula is C26H28Cl2N4O2. The van der Waals surface area contributed by atoms with Crippen LogP contribution in [0.3, 0.4) is 0 Å². The van der Waals surface area contributed by atoms with Crippen LogP contribution in [0, 0.1) is 17.8 Å². The highest BCUT2D eigenvalue weighted by Crippen LogP contribution is 2.57. The Morgan fingerprint density at radius 1 is 1.15 bits per heavy atom. The van der Waals surface area contributed by atoms with E-state index in [1.54, 1.807) is 20.3 Å². The van der Waals surface area contributed by atoms with Gasteiger partial charge < -0.3 is 20.1 Å². The molecule has 2 aromatic carbocycles. The van der Waals surface area contributed by atoms with Gasteiger partial charge in [0.1, 0.15) is 11.5 Å². The molecule has 178 valence electrons. The molecule has 0 amide bonds. The smallest absolute Gasteiger partial charge is 0.223 e. The Bertz CT molecular complexity index is 1220. The van der Waals surface area contributed by atoms with Crippen LogP contribution in [-0.4, -0.2) is 42.8 Å². The van der Waals surface area contributed by atoms with Crippen molar-refractivity contribution in [2.24, 2.45) is 17.8 Å². The van der Waals surface area contributed by atoms with Crippen LogP contribution in [0.25, 0.3) is 22.0 Å². The summed E-state index contributed by atoms with van der Waals surface area (Å²) in [5.74, 6) is 3.83. The summed E-state index contributed by atoms with van der Waals surface area (Å²) >= 11 is 13.2. The molecule has 0 radical (unpaired) electrons. The number of hydrogen-bond donors (Lipinski definition) is 2. The number of hydrogen-bond acceptors (Lipinski definition) is 6. The van der Waals surface area contributed by atoms with Crippen molar-refractivity contribution < 1.29 is 9.47 Å². The lowest BCUT2D eigenvalue weighted by Crippen LogP contribution is -2.43. The van der Waals surface area contributed by atoms with E-state index in [0.29, 0.717) is 51.1 Å². The Labute approximate surface area is 209 Å². The van der Waals surface area contributed by atoms with Crippen molar-refractivity contribution in [1.82, 2.24) is 15.3 Å². The average Bonchev–Trinajstić information content (AvgIpc) is 3.32. The fourth-order valence-electron chi connectivity index (χ4n) is 5.44. The van der Waals surface area contributed by atoms with Crippen molar-refractivity contribution in [3.05, 3.63) is 53.2 Å². The van der Waals surface area contributed by atoms with E-state index < -0.39 is 0 Å². The number of ether oxygens (including phenoxy) is 2. The van der Waals surface area contributed by atoms with Gasteiger partial charge in [-0.2, -0.15) is 0 Å². The van der Waals surface area contributed by atoms with Gasteiger partial charge in [0.25, 0.3) is 0 Å². The van der Waals surface area contributed by atoms with Gasteiger partial charge in [-0.25, -0.2) is 9.97 Å². The number of anilines is 1. The number of nitrogens with one attached hydrogen (secondary N) is 2. The van der Waals surface area contributed by atoms with Crippen molar-refractivity contribution in [3.63, 3.8) is 0 Å². The number of fused-ring (bicyclic) bond motifs is 2. The van der Waals surface area contributed by atoms with Crippen molar-refractivity contribution >= 4 is 40.1 Å². The fraction of sp³-hybridized carbons (Fsp3) is 0.385. The first-order valence-electron chi connectivity index (χ1n) is 11.4. The third-order valence-electron chi connectivity index (χ3n) is 7.27. The molecule has 0 saturated heterocycles. The number of aromatic nitrogens is 2. The van der Waals surface area contributed by atoms with Gasteiger partial charge in [0.15, 0.2) is 0 Å². The van der Waals surface area contributed by atoms with E-state index in [1.807, 2.05) is 30.5 Å². The Balaban J connectivity index is 1.44. The monoisotopic (exact) mass is 498 g/mol. The quantitative estimate of drug-likeness (QED) is 0.380. The zero-order chi connectivity index (χ0) is 24.0. The first kappa shape index (κ1) is 23.2. The van der Waals surface area contributed by atoms with Crippen LogP contribution in [0.5, 0.6) is 11.5 Å². The Kier molecular flexibility index (Phi) is 6.32. The molecule has 2 aliphatic carbocycles. The second-order valence-corrected chi connectivity index (χ2v) is 9.82. The van der Waals surface area contributed by atoms with Crippen LogP contribution in [0.4, 0.5) is 5.95 Å². The van der Waals surface area contributed by atoms with Crippen LogP contribution < -0.4 is 20.1 Å². The predicted molar refractivity (Wildman–Crippen MR) is 138 cm³/mol. The zero-order valence-corrected chi connectivity index (χ0v) is 21.0. The molecule has 0 spiro atoms. The topological polar surface area (TPSA) is 68.3 Å². The highest BCUT2D eigenvalue weighted by atomic mass is 35.5. The van der Waals surface area contributed by atoms with E-state index in [4.69, 9.17) is 37.7 Å². The van der Waals surface area contributed by atoms with Crippen LogP contribution >= 0.6 is 23.2 Å². The maximum absolute atomic E-state index is 6.61. The summed E-state index contributed by atoms with van der Waals surface area (Å²) in [6.07, 6.45) is 4.92. The first-order chi connectivity index (χ1) is 16.5. The van der Waals surface area contributed by atoms with E-state index in [2.05, 4.69) is 29.1 Å². The van der Waals surface area contributed by atoms with E-state index in [9.17, 15) is 0 Å². The van der Waals surface area contributed by atoms with Crippen LogP contribution in [0.1, 0.15) is 13.3 Å². The summed E-state index contributed by atoms with van der Waals surface area (Å²) in [5, 5.41) is 8.96. The van der Waals surface area contributed by atoms with Gasteiger partial charge in [-0.1, -0.05) is 42.3 Å². The molecule has 6 nitrogen and oxygen atoms in total. The third kappa shape index (κ3) is 3.98. The fourth-order valence-corrected chi connectivity index (χ4v) is 6.16. The van der Waals surface area contributed by atoms with Gasteiger partial charge in [-0.15, -0.1) is 6.58 Å². The molecule has 2 N–H and O–H groups in total. The second kappa shape index (κ2) is 9.25. The minimum absolute atomic E-state index is 0.318. The standard InChI is InChI=1S/C26H28Cl2N4O2/c1-5-8-29-18-10-16-13(2)21(16)25(18)32-26-30-12-15-9-14(6-7-17(15)31-26)22-23(27)19(33-3)11-20(34-4)24(22)28/h5-7,9,11-13,16,18,21,25,29H,1,8,10H2,2-4H3,(H,30,31,32). The molecule has 1 heterocycles. The van der Waals surface area contributed by atoms with Crippen molar-refractivity contribution in [2.45, 2.75) is 25.4 Å². The van der Waals surface area contributed by atoms with E-state index >= 15 is 0 Å². The predicted octanol–water partition coefficient (Wildman–Crippen LogP) is 5.83. The van der Waals surface area contributed by atoms with Gasteiger partial charge in [-0.05, 0) is 41.9 Å². The average molecular weight is 499 g/mol. The maximum atomic E-state index is 6.61. The molecule has 5 unspecified atom stereocenters. The number of methoxy groups -OCH3 is 2. The SMILES string of the molecule is C=CCNC1CC2C(C)C2C1Nc1ncc2cc(-c3c(Cl)c(OC)cc(OC)c3Cl)ccc2n1. The lowest BCUT2D eigenvalue weighted by Gasteiger charge is -2.25. The molecule has 8 heteroatoms. The summed E-state index contributed by atoms with van der Waals surface area (Å²) in [4.78, 5) is 9.42. The van der Waals surface area contributed by atoms with E-state index in [-0.39, 0.29) is 0 Å². The molecule has 34 heavy (non-hydrogen) atoms. The molecular weight excluding hydrogens is 471 g/mol. The van der Waals surface area contributed by atoms with Gasteiger partial charge >= 0.3 is 0 Å². The first-order valence-corrected chi connectivity index (χ1v) is 12.2. The molecule has 0 aliphatic heterocycles. The molecule has 5 rings (SSSR count). The molecule has 2 fully saturated rings. The summed E-state index contributed by atoms with van der Waals surface area (Å²) < 4.78 is 10.8. The minimum atomic E-state index is 0.318. The second-order valence-electron chi connectivity index (χ2n) is 9.06. The normalized spacial score (nSPS) is 25.1. The van der Waals surface area contributed by atoms with Crippen molar-refractivity contribution in [3.8, 4) is 22.6 Å². The number of nitrogens with zero attached hydrogens (tertiary/aromatic N) is 2. The van der Waals surface area contributed by atoms with Crippen LogP contribution in [0.2, 0.25) is 10.0 Å². The molecule has 3 aromatic rings. The van der Waals surface area contributed by atoms with Crippen LogP contribution in [-0.2, 0) is 0 Å². The van der Waals surface area contributed by atoms with Crippen molar-refractivity contribution in [2.75, 3.05) is 26.1 Å². The zero-order valence-electron chi connectivity index (χ0n) is 19.4. The molecule has 5 atom stereocenters. The van der Waals surface area contributed by atoms with E-state index in [1.165, 1.54) is 6.42 Å². The summed E-state index contributed by atoms with van der Waals surface area (Å²) in [6, 6.07) is 8.29. The number of benzene rings is 2. The minimum Gasteiger partial charge on any atom is -0.495 e. The Morgan fingerprint density at radius 2 is 1.88 bits per heavy atom. The molecule has 2 aliphatic rings. The molecule has 1 aromatic heterocycles. The summed E-state index contributed by atoms with van der Waals surface area (Å²) in [7, 11) is 3.13. The number of rotatable bonds is 8. The van der Waals surface area contributed by atoms with E-state index in [0.717, 1.165) is 34.8 Å². The van der Waals surface area contributed by atoms with Gasteiger partial charge in [0, 0.05) is 41.8 Å². The Morgan fingerprint density at radius 3 is 2.56 bits per heavy atom. The van der Waals surface area contributed by atoms with Gasteiger partial charge in [0.05, 0.1) is 29.8 Å². The summed E-state index contributed by atoms with van der Waals surface area (Å²) in [6.45, 7) is 6.97. The summed E-state index contributed by atoms with van der Waals surface area (Å²) in [5.41, 5.74) is 2.33. The lowest BCUT2D eigenvalue weighted by atomic mass is 10.0. The Hall–Kier alpha value is -2.54. The molecule has 2 saturated carbocycles. The van der Waals surface area contributed by atoms with Gasteiger partial charge in [0.2, 0.25) is 5.95 Å². The molecule has 0 bridgehead atoms. The van der Waals surface area contributed by atoms with Crippen LogP contribution in [0.15, 0.2) is 43.1 Å². The largest absolute Gasteiger partial charge is 0.495 e. The number of halogens is 2. The third-order valence-corrected chi connectivity index (χ3v) is 8.02. The maximum Gasteiger partial charge on any atom is 0.223 e.